The molecule has 4 aromatic carbocycles. The Hall–Kier alpha value is -4.03. The van der Waals surface area contributed by atoms with Crippen molar-refractivity contribution < 1.29 is 13.8 Å². The lowest BCUT2D eigenvalue weighted by molar-refractivity contribution is -0.129. The number of carbonyl (C=O) groups excluding carboxylic acids is 2. The molecule has 0 unspecified atom stereocenters. The van der Waals surface area contributed by atoms with Crippen molar-refractivity contribution in [2.24, 2.45) is 5.73 Å². The van der Waals surface area contributed by atoms with Crippen LogP contribution >= 0.6 is 0 Å². The van der Waals surface area contributed by atoms with Crippen LogP contribution in [0.15, 0.2) is 126 Å². The Morgan fingerprint density at radius 3 is 1.47 bits per heavy atom. The number of nitrogens with one attached hydrogen (secondary N) is 1. The maximum absolute atomic E-state index is 14.3. The molecule has 0 fully saturated rings. The van der Waals surface area contributed by atoms with Gasteiger partial charge in [0.25, 0.3) is 0 Å². The molecule has 182 valence electrons. The van der Waals surface area contributed by atoms with Crippen LogP contribution in [0.1, 0.15) is 23.1 Å². The van der Waals surface area contributed by atoms with Crippen LogP contribution in [0.4, 0.5) is 0 Å². The summed E-state index contributed by atoms with van der Waals surface area (Å²) < 4.78 is 12.8. The Kier molecular flexibility index (Phi) is 8.08. The van der Waals surface area contributed by atoms with E-state index in [0.29, 0.717) is 4.90 Å². The van der Waals surface area contributed by atoms with Gasteiger partial charge in [-0.2, -0.15) is 0 Å². The van der Waals surface area contributed by atoms with Gasteiger partial charge in [-0.1, -0.05) is 109 Å². The summed E-state index contributed by atoms with van der Waals surface area (Å²) in [6.07, 6.45) is 0.150. The number of hydrogen-bond donors (Lipinski definition) is 2. The second-order valence-corrected chi connectivity index (χ2v) is 10.00. The lowest BCUT2D eigenvalue weighted by Crippen LogP contribution is -2.53. The minimum atomic E-state index is -1.32. The molecule has 0 saturated heterocycles. The number of nitrogens with two attached hydrogens (primary N) is 1. The highest BCUT2D eigenvalue weighted by atomic mass is 32.2. The van der Waals surface area contributed by atoms with Crippen LogP contribution in [0.5, 0.6) is 0 Å². The van der Waals surface area contributed by atoms with E-state index in [4.69, 9.17) is 5.73 Å². The molecular formula is C30H28N2O3S. The van der Waals surface area contributed by atoms with Gasteiger partial charge in [0.2, 0.25) is 11.8 Å². The molecule has 0 spiro atoms. The number of rotatable bonds is 10. The third-order valence-corrected chi connectivity index (χ3v) is 7.61. The van der Waals surface area contributed by atoms with Crippen LogP contribution in [0.2, 0.25) is 0 Å². The van der Waals surface area contributed by atoms with Crippen LogP contribution in [-0.2, 0) is 25.8 Å². The van der Waals surface area contributed by atoms with Crippen LogP contribution in [0.25, 0.3) is 0 Å². The van der Waals surface area contributed by atoms with Gasteiger partial charge in [-0.15, -0.1) is 0 Å². The zero-order valence-electron chi connectivity index (χ0n) is 19.7. The fourth-order valence-corrected chi connectivity index (χ4v) is 5.57. The molecule has 4 aromatic rings. The standard InChI is InChI=1S/C30H28N2O3S/c31-28(33)27(21-22-36(35)26-19-11-4-12-20-26)32-29(34)30(23-13-5-1-6-14-23,24-15-7-2-8-16-24)25-17-9-3-10-18-25/h1-20,27H,21-22H2,(H2,31,33)(H,32,34)/t27-,36+/m0/s1. The van der Waals surface area contributed by atoms with Crippen LogP contribution < -0.4 is 11.1 Å². The Balaban J connectivity index is 1.73. The van der Waals surface area contributed by atoms with Crippen LogP contribution in [0, 0.1) is 0 Å². The minimum Gasteiger partial charge on any atom is -0.368 e. The van der Waals surface area contributed by atoms with E-state index < -0.39 is 28.2 Å². The second-order valence-electron chi connectivity index (χ2n) is 8.43. The molecule has 0 saturated carbocycles. The van der Waals surface area contributed by atoms with Gasteiger partial charge in [0.1, 0.15) is 11.5 Å². The number of primary amides is 1. The maximum Gasteiger partial charge on any atom is 0.240 e. The molecule has 5 nitrogen and oxygen atoms in total. The lowest BCUT2D eigenvalue weighted by Gasteiger charge is -2.35. The van der Waals surface area contributed by atoms with Crippen molar-refractivity contribution in [3.63, 3.8) is 0 Å². The SMILES string of the molecule is NC(=O)[C@H](CC[S@@](=O)c1ccccc1)NC(=O)C(c1ccccc1)(c1ccccc1)c1ccccc1. The molecule has 0 heterocycles. The molecule has 0 aliphatic carbocycles. The summed E-state index contributed by atoms with van der Waals surface area (Å²) in [5, 5.41) is 2.91. The maximum atomic E-state index is 14.3. The number of carbonyl (C=O) groups is 2. The lowest BCUT2D eigenvalue weighted by atomic mass is 9.68. The zero-order valence-corrected chi connectivity index (χ0v) is 20.6. The smallest absolute Gasteiger partial charge is 0.240 e. The fourth-order valence-electron chi connectivity index (χ4n) is 4.42. The molecular weight excluding hydrogens is 468 g/mol. The summed E-state index contributed by atoms with van der Waals surface area (Å²) in [7, 11) is -1.32. The summed E-state index contributed by atoms with van der Waals surface area (Å²) >= 11 is 0. The minimum absolute atomic E-state index is 0.150. The molecule has 4 rings (SSSR count). The molecule has 0 aliphatic heterocycles. The van der Waals surface area contributed by atoms with E-state index in [1.807, 2.05) is 109 Å². The van der Waals surface area contributed by atoms with Crippen molar-refractivity contribution >= 4 is 22.6 Å². The van der Waals surface area contributed by atoms with Gasteiger partial charge in [0.15, 0.2) is 0 Å². The van der Waals surface area contributed by atoms with Gasteiger partial charge >= 0.3 is 0 Å². The van der Waals surface area contributed by atoms with E-state index >= 15 is 0 Å². The molecule has 2 atom stereocenters. The average Bonchev–Trinajstić information content (AvgIpc) is 2.93. The largest absolute Gasteiger partial charge is 0.368 e. The van der Waals surface area contributed by atoms with Gasteiger partial charge < -0.3 is 11.1 Å². The first-order valence-corrected chi connectivity index (χ1v) is 13.1. The Bertz CT molecular complexity index is 1220. The van der Waals surface area contributed by atoms with E-state index in [2.05, 4.69) is 5.32 Å². The molecule has 0 aliphatic rings. The average molecular weight is 497 g/mol. The van der Waals surface area contributed by atoms with Crippen molar-refractivity contribution in [2.75, 3.05) is 5.75 Å². The van der Waals surface area contributed by atoms with Crippen molar-refractivity contribution in [1.82, 2.24) is 5.32 Å². The molecule has 0 bridgehead atoms. The van der Waals surface area contributed by atoms with E-state index in [1.165, 1.54) is 0 Å². The molecule has 3 N–H and O–H groups in total. The van der Waals surface area contributed by atoms with Crippen LogP contribution in [-0.4, -0.2) is 27.8 Å². The van der Waals surface area contributed by atoms with Gasteiger partial charge in [0, 0.05) is 10.6 Å². The zero-order chi connectivity index (χ0) is 25.4. The summed E-state index contributed by atoms with van der Waals surface area (Å²) in [6.45, 7) is 0. The van der Waals surface area contributed by atoms with Gasteiger partial charge in [-0.25, -0.2) is 0 Å². The van der Waals surface area contributed by atoms with Crippen molar-refractivity contribution in [3.05, 3.63) is 138 Å². The first-order valence-electron chi connectivity index (χ1n) is 11.7. The van der Waals surface area contributed by atoms with E-state index in [1.54, 1.807) is 12.1 Å². The molecule has 36 heavy (non-hydrogen) atoms. The summed E-state index contributed by atoms with van der Waals surface area (Å²) in [5.74, 6) is -0.857. The first kappa shape index (κ1) is 25.1. The Labute approximate surface area is 213 Å². The number of benzene rings is 4. The molecule has 0 radical (unpaired) electrons. The third-order valence-electron chi connectivity index (χ3n) is 6.21. The Morgan fingerprint density at radius 1 is 0.694 bits per heavy atom. The van der Waals surface area contributed by atoms with E-state index in [-0.39, 0.29) is 18.1 Å². The normalized spacial score (nSPS) is 12.9. The van der Waals surface area contributed by atoms with Crippen molar-refractivity contribution in [3.8, 4) is 0 Å². The molecule has 6 heteroatoms. The summed E-state index contributed by atoms with van der Waals surface area (Å²) in [5.41, 5.74) is 6.77. The third kappa shape index (κ3) is 5.29. The monoisotopic (exact) mass is 496 g/mol. The van der Waals surface area contributed by atoms with Crippen molar-refractivity contribution in [2.45, 2.75) is 22.8 Å². The van der Waals surface area contributed by atoms with Crippen molar-refractivity contribution in [1.29, 1.82) is 0 Å². The highest BCUT2D eigenvalue weighted by Gasteiger charge is 2.44. The quantitative estimate of drug-likeness (QED) is 0.323. The molecule has 0 aromatic heterocycles. The second kappa shape index (κ2) is 11.6. The topological polar surface area (TPSA) is 89.3 Å². The Morgan fingerprint density at radius 2 is 1.08 bits per heavy atom. The van der Waals surface area contributed by atoms with Gasteiger partial charge in [0.05, 0.1) is 10.8 Å². The number of amides is 2. The fraction of sp³-hybridized carbons (Fsp3) is 0.133. The first-order chi connectivity index (χ1) is 17.5. The molecule has 2 amide bonds. The van der Waals surface area contributed by atoms with E-state index in [9.17, 15) is 13.8 Å². The predicted octanol–water partition coefficient (Wildman–Crippen LogP) is 4.19. The van der Waals surface area contributed by atoms with Crippen LogP contribution in [0.3, 0.4) is 0 Å². The van der Waals surface area contributed by atoms with Gasteiger partial charge in [-0.3, -0.25) is 13.8 Å². The summed E-state index contributed by atoms with van der Waals surface area (Å²) in [6, 6.07) is 36.5. The number of hydrogen-bond acceptors (Lipinski definition) is 3. The highest BCUT2D eigenvalue weighted by molar-refractivity contribution is 7.85. The predicted molar refractivity (Wildman–Crippen MR) is 143 cm³/mol. The highest BCUT2D eigenvalue weighted by Crippen LogP contribution is 2.39. The van der Waals surface area contributed by atoms with E-state index in [0.717, 1.165) is 16.7 Å². The van der Waals surface area contributed by atoms with Gasteiger partial charge in [-0.05, 0) is 35.2 Å². The summed E-state index contributed by atoms with van der Waals surface area (Å²) in [4.78, 5) is 27.4.